The van der Waals surface area contributed by atoms with Crippen LogP contribution in [0.1, 0.15) is 94.5 Å². The second kappa shape index (κ2) is 22.2. The molecule has 0 aliphatic heterocycles. The van der Waals surface area contributed by atoms with Crippen LogP contribution in [-0.4, -0.2) is 50.1 Å². The van der Waals surface area contributed by atoms with Gasteiger partial charge in [0.15, 0.2) is 0 Å². The highest BCUT2D eigenvalue weighted by Gasteiger charge is 2.45. The molecule has 0 N–H and O–H groups in total. The van der Waals surface area contributed by atoms with Crippen molar-refractivity contribution < 1.29 is 0 Å². The summed E-state index contributed by atoms with van der Waals surface area (Å²) in [7, 11) is 4.22. The lowest BCUT2D eigenvalue weighted by Crippen LogP contribution is -2.31. The van der Waals surface area contributed by atoms with E-state index >= 15 is 0 Å². The van der Waals surface area contributed by atoms with Crippen LogP contribution in [0.3, 0.4) is 0 Å². The molecule has 2 nitrogen and oxygen atoms in total. The van der Waals surface area contributed by atoms with Crippen molar-refractivity contribution in [1.82, 2.24) is 9.80 Å². The Hall–Kier alpha value is -6.32. The molecule has 8 aromatic rings. The first-order chi connectivity index (χ1) is 33.9. The average Bonchev–Trinajstić information content (AvgIpc) is 3.75. The predicted octanol–water partition coefficient (Wildman–Crippen LogP) is 16.0. The molecule has 0 heterocycles. The zero-order valence-corrected chi connectivity index (χ0v) is 43.9. The van der Waals surface area contributed by atoms with Gasteiger partial charge < -0.3 is 9.80 Å². The van der Waals surface area contributed by atoms with Crippen molar-refractivity contribution in [3.8, 4) is 33.4 Å². The molecule has 70 heavy (non-hydrogen) atoms. The molecular weight excluding hydrogens is 845 g/mol. The average molecular weight is 921 g/mol. The van der Waals surface area contributed by atoms with Crippen molar-refractivity contribution in [2.45, 2.75) is 91.9 Å². The molecule has 0 fully saturated rings. The van der Waals surface area contributed by atoms with Gasteiger partial charge in [-0.25, -0.2) is 0 Å². The number of nitrogens with zero attached hydrogens (tertiary/aromatic N) is 2. The highest BCUT2D eigenvalue weighted by atomic mass is 15.1. The van der Waals surface area contributed by atoms with Crippen LogP contribution in [0.25, 0.3) is 33.4 Å². The van der Waals surface area contributed by atoms with Crippen LogP contribution >= 0.6 is 0 Å². The molecule has 0 amide bonds. The Kier molecular flexibility index (Phi) is 15.9. The molecule has 3 aliphatic rings. The van der Waals surface area contributed by atoms with Gasteiger partial charge in [0.1, 0.15) is 0 Å². The van der Waals surface area contributed by atoms with Crippen LogP contribution in [0.5, 0.6) is 0 Å². The van der Waals surface area contributed by atoms with E-state index < -0.39 is 0 Å². The van der Waals surface area contributed by atoms with Gasteiger partial charge in [-0.15, -0.1) is 0 Å². The first kappa shape index (κ1) is 50.1. The summed E-state index contributed by atoms with van der Waals surface area (Å²) in [5.41, 5.74) is 25.3. The summed E-state index contributed by atoms with van der Waals surface area (Å²) in [6.45, 7) is 22.0. The van der Waals surface area contributed by atoms with Gasteiger partial charge in [0.25, 0.3) is 0 Å². The number of hydrogen-bond acceptors (Lipinski definition) is 2. The summed E-state index contributed by atoms with van der Waals surface area (Å²) in [4.78, 5) is 4.50. The van der Waals surface area contributed by atoms with Crippen molar-refractivity contribution in [2.75, 3.05) is 40.3 Å². The van der Waals surface area contributed by atoms with Crippen molar-refractivity contribution in [1.29, 1.82) is 0 Å². The highest BCUT2D eigenvalue weighted by molar-refractivity contribution is 5.84. The van der Waals surface area contributed by atoms with E-state index in [2.05, 4.69) is 261 Å². The lowest BCUT2D eigenvalue weighted by Gasteiger charge is -2.33. The first-order valence-corrected chi connectivity index (χ1v) is 26.0. The molecule has 2 heteroatoms. The normalized spacial score (nSPS) is 13.7. The topological polar surface area (TPSA) is 6.48 Å². The van der Waals surface area contributed by atoms with Gasteiger partial charge in [-0.1, -0.05) is 232 Å². The van der Waals surface area contributed by atoms with Gasteiger partial charge >= 0.3 is 0 Å². The zero-order valence-electron chi connectivity index (χ0n) is 43.9. The van der Waals surface area contributed by atoms with E-state index in [1.165, 1.54) is 100 Å². The quantitative estimate of drug-likeness (QED) is 0.150. The third kappa shape index (κ3) is 10.4. The Morgan fingerprint density at radius 2 is 0.643 bits per heavy atom. The van der Waals surface area contributed by atoms with E-state index in [0.717, 1.165) is 51.9 Å². The summed E-state index contributed by atoms with van der Waals surface area (Å²) < 4.78 is 0. The maximum atomic E-state index is 2.41. The molecule has 11 rings (SSSR count). The van der Waals surface area contributed by atoms with Crippen molar-refractivity contribution in [3.63, 3.8) is 0 Å². The molecule has 0 bridgehead atoms. The third-order valence-corrected chi connectivity index (χ3v) is 15.6. The molecule has 0 atom stereocenters. The maximum absolute atomic E-state index is 2.41. The molecule has 3 aliphatic carbocycles. The molecule has 8 aromatic carbocycles. The lowest BCUT2D eigenvalue weighted by molar-refractivity contribution is 0.373. The first-order valence-electron chi connectivity index (χ1n) is 26.0. The van der Waals surface area contributed by atoms with E-state index in [0.29, 0.717) is 0 Å². The molecule has 0 unspecified atom stereocenters. The van der Waals surface area contributed by atoms with E-state index in [4.69, 9.17) is 0 Å². The van der Waals surface area contributed by atoms with Crippen molar-refractivity contribution in [3.05, 3.63) is 249 Å². The van der Waals surface area contributed by atoms with Crippen LogP contribution in [0, 0.1) is 27.7 Å². The number of benzene rings is 8. The van der Waals surface area contributed by atoms with Crippen LogP contribution < -0.4 is 0 Å². The number of aryl methyl sites for hydroxylation is 4. The van der Waals surface area contributed by atoms with Crippen molar-refractivity contribution in [2.24, 2.45) is 0 Å². The molecule has 0 saturated carbocycles. The van der Waals surface area contributed by atoms with Gasteiger partial charge in [-0.3, -0.25) is 0 Å². The summed E-state index contributed by atoms with van der Waals surface area (Å²) in [6.07, 6.45) is 4.11. The fourth-order valence-electron chi connectivity index (χ4n) is 11.2. The smallest absolute Gasteiger partial charge is 0.0296 e. The van der Waals surface area contributed by atoms with Crippen LogP contribution in [-0.2, 0) is 36.5 Å². The SMILES string of the molecule is CCN(C)CC.CCN(C)CC.Cc1ccc(CC2(Cc3ccc(C)cc3)c3ccccc3-c3ccccc32)cc1.Cc1ccc2c(c1)CC1(Cc3cc(C)ccc3-2)c2ccccc2-c2ccccc21. The second-order valence-corrected chi connectivity index (χ2v) is 20.3. The largest absolute Gasteiger partial charge is 0.307 e. The van der Waals surface area contributed by atoms with Crippen LogP contribution in [0.4, 0.5) is 0 Å². The molecule has 0 saturated heterocycles. The standard InChI is InChI=1S/C29H24.C29H26.2C5H13N/c1-19-11-13-23-21(15-19)17-29(18-22-16-20(2)12-14-24(22)23)27-9-5-3-7-25(27)26-8-4-6-10-28(26)29;1-21-11-15-23(16-12-21)19-29(20-24-17-13-22(2)14-18-24)27-9-5-3-7-25(27)26-8-4-6-10-28(26)29;2*1-4-6(3)5-2/h3-16H,17-18H2,1-2H3;3-18H,19-20H2,1-2H3;2*4-5H2,1-3H3. The van der Waals surface area contributed by atoms with Crippen molar-refractivity contribution >= 4 is 0 Å². The van der Waals surface area contributed by atoms with Gasteiger partial charge in [-0.2, -0.15) is 0 Å². The van der Waals surface area contributed by atoms with E-state index in [9.17, 15) is 0 Å². The van der Waals surface area contributed by atoms with E-state index in [-0.39, 0.29) is 10.8 Å². The van der Waals surface area contributed by atoms with Gasteiger partial charge in [0.05, 0.1) is 0 Å². The monoisotopic (exact) mass is 921 g/mol. The Balaban J connectivity index is 0.000000153. The highest BCUT2D eigenvalue weighted by Crippen LogP contribution is 2.55. The number of fused-ring (bicyclic) bond motifs is 11. The summed E-state index contributed by atoms with van der Waals surface area (Å²) in [5.74, 6) is 0. The zero-order chi connectivity index (χ0) is 49.4. The Labute approximate surface area is 422 Å². The number of hydrogen-bond donors (Lipinski definition) is 0. The molecular formula is C68H76N2. The predicted molar refractivity (Wildman–Crippen MR) is 302 cm³/mol. The molecule has 0 aromatic heterocycles. The summed E-state index contributed by atoms with van der Waals surface area (Å²) in [5, 5.41) is 0. The molecule has 358 valence electrons. The fourth-order valence-corrected chi connectivity index (χ4v) is 11.2. The summed E-state index contributed by atoms with van der Waals surface area (Å²) >= 11 is 0. The molecule has 0 radical (unpaired) electrons. The van der Waals surface area contributed by atoms with Gasteiger partial charge in [0.2, 0.25) is 0 Å². The minimum absolute atomic E-state index is 0.00519. The van der Waals surface area contributed by atoms with Crippen LogP contribution in [0.2, 0.25) is 0 Å². The Bertz CT molecular complexity index is 2790. The van der Waals surface area contributed by atoms with Crippen LogP contribution in [0.15, 0.2) is 182 Å². The Morgan fingerprint density at radius 1 is 0.343 bits per heavy atom. The molecule has 1 spiro atoms. The van der Waals surface area contributed by atoms with Gasteiger partial charge in [0, 0.05) is 10.8 Å². The third-order valence-electron chi connectivity index (χ3n) is 15.6. The number of rotatable bonds is 8. The minimum atomic E-state index is -0.0439. The lowest BCUT2D eigenvalue weighted by atomic mass is 9.69. The second-order valence-electron chi connectivity index (χ2n) is 20.3. The summed E-state index contributed by atoms with van der Waals surface area (Å²) in [6, 6.07) is 68.3. The maximum Gasteiger partial charge on any atom is 0.0296 e. The van der Waals surface area contributed by atoms with E-state index in [1.807, 2.05) is 0 Å². The van der Waals surface area contributed by atoms with E-state index in [1.54, 1.807) is 0 Å². The fraction of sp³-hybridized carbons (Fsp3) is 0.294. The minimum Gasteiger partial charge on any atom is -0.307 e. The Morgan fingerprint density at radius 3 is 0.971 bits per heavy atom. The van der Waals surface area contributed by atoms with Gasteiger partial charge in [-0.05, 0) is 172 Å².